The van der Waals surface area contributed by atoms with E-state index in [4.69, 9.17) is 10.00 Å². The minimum absolute atomic E-state index is 0.0752. The van der Waals surface area contributed by atoms with E-state index in [1.165, 1.54) is 0 Å². The van der Waals surface area contributed by atoms with Crippen LogP contribution in [-0.2, 0) is 6.54 Å². The normalized spacial score (nSPS) is 8.75. The van der Waals surface area contributed by atoms with Crippen LogP contribution >= 0.6 is 0 Å². The van der Waals surface area contributed by atoms with E-state index in [1.54, 1.807) is 0 Å². The van der Waals surface area contributed by atoms with Gasteiger partial charge in [-0.1, -0.05) is 24.1 Å². The van der Waals surface area contributed by atoms with Crippen LogP contribution in [0.3, 0.4) is 0 Å². The summed E-state index contributed by atoms with van der Waals surface area (Å²) in [4.78, 5) is 0. The van der Waals surface area contributed by atoms with Crippen molar-refractivity contribution in [3.05, 3.63) is 29.8 Å². The second kappa shape index (κ2) is 7.34. The summed E-state index contributed by atoms with van der Waals surface area (Å²) in [7, 11) is 0. The number of rotatable bonds is 5. The van der Waals surface area contributed by atoms with Gasteiger partial charge >= 0.3 is 0 Å². The number of hydrogen-bond donors (Lipinski definition) is 1. The maximum Gasteiger partial charge on any atom is 0.174 e. The Hall–Kier alpha value is -1.97. The summed E-state index contributed by atoms with van der Waals surface area (Å²) in [5, 5.41) is 11.6. The van der Waals surface area contributed by atoms with E-state index >= 15 is 0 Å². The summed E-state index contributed by atoms with van der Waals surface area (Å²) >= 11 is 0. The molecule has 0 heterocycles. The second-order valence-electron chi connectivity index (χ2n) is 3.08. The zero-order valence-electron chi connectivity index (χ0n) is 9.29. The molecule has 0 aliphatic carbocycles. The summed E-state index contributed by atoms with van der Waals surface area (Å²) < 4.78 is 5.31. The van der Waals surface area contributed by atoms with Crippen molar-refractivity contribution < 1.29 is 4.74 Å². The van der Waals surface area contributed by atoms with Crippen LogP contribution in [0.25, 0.3) is 0 Å². The fourth-order valence-electron chi connectivity index (χ4n) is 1.25. The largest absolute Gasteiger partial charge is 0.478 e. The molecule has 82 valence electrons. The molecular weight excluding hydrogens is 200 g/mol. The summed E-state index contributed by atoms with van der Waals surface area (Å²) in [5.41, 5.74) is 1.04. The van der Waals surface area contributed by atoms with Gasteiger partial charge < -0.3 is 10.1 Å². The first kappa shape index (κ1) is 12.1. The van der Waals surface area contributed by atoms with Crippen molar-refractivity contribution in [2.45, 2.75) is 13.5 Å². The van der Waals surface area contributed by atoms with Gasteiger partial charge in [0.05, 0.1) is 6.54 Å². The SMILES string of the molecule is CC#CCNCc1ccccc1OCC#N. The molecule has 0 unspecified atom stereocenters. The van der Waals surface area contributed by atoms with E-state index in [0.717, 1.165) is 11.3 Å². The fourth-order valence-corrected chi connectivity index (χ4v) is 1.25. The van der Waals surface area contributed by atoms with Gasteiger partial charge in [-0.15, -0.1) is 5.92 Å². The highest BCUT2D eigenvalue weighted by Gasteiger charge is 2.01. The molecule has 0 aliphatic heterocycles. The predicted octanol–water partition coefficient (Wildman–Crippen LogP) is 1.70. The van der Waals surface area contributed by atoms with Crippen LogP contribution in [0.4, 0.5) is 0 Å². The average molecular weight is 214 g/mol. The monoisotopic (exact) mass is 214 g/mol. The van der Waals surface area contributed by atoms with Gasteiger partial charge in [0, 0.05) is 12.1 Å². The Morgan fingerprint density at radius 1 is 1.38 bits per heavy atom. The lowest BCUT2D eigenvalue weighted by Gasteiger charge is -2.08. The maximum absolute atomic E-state index is 8.46. The molecule has 1 aromatic rings. The molecule has 3 nitrogen and oxygen atoms in total. The maximum atomic E-state index is 8.46. The molecular formula is C13H14N2O. The number of nitrogens with zero attached hydrogens (tertiary/aromatic N) is 1. The lowest BCUT2D eigenvalue weighted by Crippen LogP contribution is -2.14. The number of nitrogens with one attached hydrogen (secondary N) is 1. The zero-order valence-corrected chi connectivity index (χ0v) is 9.29. The van der Waals surface area contributed by atoms with Gasteiger partial charge in [-0.05, 0) is 13.0 Å². The first-order valence-electron chi connectivity index (χ1n) is 5.06. The quantitative estimate of drug-likeness (QED) is 0.599. The Bertz CT molecular complexity index is 424. The first-order valence-corrected chi connectivity index (χ1v) is 5.06. The highest BCUT2D eigenvalue weighted by Crippen LogP contribution is 2.17. The standard InChI is InChI=1S/C13H14N2O/c1-2-3-9-15-11-12-6-4-5-7-13(12)16-10-8-14/h4-7,15H,9-11H2,1H3. The van der Waals surface area contributed by atoms with E-state index in [0.29, 0.717) is 13.1 Å². The third kappa shape index (κ3) is 4.04. The molecule has 0 aliphatic rings. The van der Waals surface area contributed by atoms with E-state index in [9.17, 15) is 0 Å². The molecule has 0 aromatic heterocycles. The Kier molecular flexibility index (Phi) is 5.55. The molecule has 1 aromatic carbocycles. The van der Waals surface area contributed by atoms with E-state index in [1.807, 2.05) is 37.3 Å². The molecule has 0 fully saturated rings. The molecule has 0 radical (unpaired) electrons. The number of nitriles is 1. The second-order valence-corrected chi connectivity index (χ2v) is 3.08. The third-order valence-corrected chi connectivity index (χ3v) is 1.97. The lowest BCUT2D eigenvalue weighted by atomic mass is 10.2. The van der Waals surface area contributed by atoms with Crippen LogP contribution in [0.15, 0.2) is 24.3 Å². The van der Waals surface area contributed by atoms with Crippen molar-refractivity contribution in [1.82, 2.24) is 5.32 Å². The van der Waals surface area contributed by atoms with E-state index in [2.05, 4.69) is 17.2 Å². The molecule has 0 bridgehead atoms. The van der Waals surface area contributed by atoms with Crippen molar-refractivity contribution in [2.75, 3.05) is 13.2 Å². The van der Waals surface area contributed by atoms with Gasteiger partial charge in [-0.3, -0.25) is 0 Å². The van der Waals surface area contributed by atoms with Crippen molar-refractivity contribution in [3.8, 4) is 23.7 Å². The van der Waals surface area contributed by atoms with Crippen LogP contribution in [0.2, 0.25) is 0 Å². The molecule has 1 N–H and O–H groups in total. The third-order valence-electron chi connectivity index (χ3n) is 1.97. The van der Waals surface area contributed by atoms with Gasteiger partial charge in [0.25, 0.3) is 0 Å². The molecule has 0 atom stereocenters. The Balaban J connectivity index is 2.55. The Labute approximate surface area is 96.0 Å². The van der Waals surface area contributed by atoms with Crippen LogP contribution in [0, 0.1) is 23.2 Å². The number of para-hydroxylation sites is 1. The highest BCUT2D eigenvalue weighted by atomic mass is 16.5. The molecule has 0 saturated heterocycles. The molecule has 3 heteroatoms. The number of benzene rings is 1. The summed E-state index contributed by atoms with van der Waals surface area (Å²) in [6.45, 7) is 3.23. The smallest absolute Gasteiger partial charge is 0.174 e. The number of ether oxygens (including phenoxy) is 1. The summed E-state index contributed by atoms with van der Waals surface area (Å²) in [6, 6.07) is 9.62. The Morgan fingerprint density at radius 3 is 2.94 bits per heavy atom. The Morgan fingerprint density at radius 2 is 2.19 bits per heavy atom. The molecule has 16 heavy (non-hydrogen) atoms. The zero-order chi connectivity index (χ0) is 11.6. The van der Waals surface area contributed by atoms with Gasteiger partial charge in [-0.2, -0.15) is 5.26 Å². The molecule has 0 spiro atoms. The minimum Gasteiger partial charge on any atom is -0.478 e. The average Bonchev–Trinajstić information content (AvgIpc) is 2.33. The molecule has 1 rings (SSSR count). The highest BCUT2D eigenvalue weighted by molar-refractivity contribution is 5.33. The van der Waals surface area contributed by atoms with Gasteiger partial charge in [0.1, 0.15) is 11.8 Å². The van der Waals surface area contributed by atoms with Crippen molar-refractivity contribution in [1.29, 1.82) is 5.26 Å². The van der Waals surface area contributed by atoms with Crippen molar-refractivity contribution in [3.63, 3.8) is 0 Å². The van der Waals surface area contributed by atoms with Crippen molar-refractivity contribution >= 4 is 0 Å². The van der Waals surface area contributed by atoms with Gasteiger partial charge in [0.15, 0.2) is 6.61 Å². The van der Waals surface area contributed by atoms with E-state index in [-0.39, 0.29) is 6.61 Å². The molecule has 0 saturated carbocycles. The lowest BCUT2D eigenvalue weighted by molar-refractivity contribution is 0.363. The van der Waals surface area contributed by atoms with Gasteiger partial charge in [-0.25, -0.2) is 0 Å². The van der Waals surface area contributed by atoms with Crippen LogP contribution in [0.5, 0.6) is 5.75 Å². The molecule has 0 amide bonds. The van der Waals surface area contributed by atoms with Crippen LogP contribution < -0.4 is 10.1 Å². The van der Waals surface area contributed by atoms with Crippen molar-refractivity contribution in [2.24, 2.45) is 0 Å². The predicted molar refractivity (Wildman–Crippen MR) is 62.7 cm³/mol. The fraction of sp³-hybridized carbons (Fsp3) is 0.308. The number of hydrogen-bond acceptors (Lipinski definition) is 3. The van der Waals surface area contributed by atoms with Crippen LogP contribution in [0.1, 0.15) is 12.5 Å². The topological polar surface area (TPSA) is 45.0 Å². The van der Waals surface area contributed by atoms with E-state index < -0.39 is 0 Å². The first-order chi connectivity index (χ1) is 7.88. The van der Waals surface area contributed by atoms with Crippen LogP contribution in [-0.4, -0.2) is 13.2 Å². The summed E-state index contributed by atoms with van der Waals surface area (Å²) in [5.74, 6) is 6.49. The minimum atomic E-state index is 0.0752. The summed E-state index contributed by atoms with van der Waals surface area (Å²) in [6.07, 6.45) is 0. The van der Waals surface area contributed by atoms with Gasteiger partial charge in [0.2, 0.25) is 0 Å².